The van der Waals surface area contributed by atoms with Crippen molar-refractivity contribution in [3.63, 3.8) is 0 Å². The first-order chi connectivity index (χ1) is 5.79. The van der Waals surface area contributed by atoms with Gasteiger partial charge in [0.05, 0.1) is 6.04 Å². The third-order valence-corrected chi connectivity index (χ3v) is 3.54. The van der Waals surface area contributed by atoms with Crippen LogP contribution in [-0.2, 0) is 0 Å². The van der Waals surface area contributed by atoms with E-state index < -0.39 is 0 Å². The van der Waals surface area contributed by atoms with Crippen LogP contribution in [0.5, 0.6) is 0 Å². The second kappa shape index (κ2) is 4.80. The van der Waals surface area contributed by atoms with Crippen molar-refractivity contribution in [2.45, 2.75) is 13.0 Å². The molecule has 0 aliphatic heterocycles. The van der Waals surface area contributed by atoms with Gasteiger partial charge in [0.1, 0.15) is 0 Å². The van der Waals surface area contributed by atoms with Gasteiger partial charge < -0.3 is 5.32 Å². The first-order valence-electron chi connectivity index (χ1n) is 3.88. The van der Waals surface area contributed by atoms with E-state index in [-0.39, 0.29) is 6.04 Å². The topological polar surface area (TPSA) is 12.0 Å². The molecule has 3 heteroatoms. The minimum absolute atomic E-state index is 0.282. The van der Waals surface area contributed by atoms with E-state index in [1.807, 2.05) is 6.08 Å². The minimum atomic E-state index is 0.282. The van der Waals surface area contributed by atoms with Crippen LogP contribution >= 0.6 is 27.3 Å². The van der Waals surface area contributed by atoms with Gasteiger partial charge >= 0.3 is 0 Å². The third kappa shape index (κ3) is 2.19. The van der Waals surface area contributed by atoms with Crippen LogP contribution in [-0.4, -0.2) is 6.54 Å². The summed E-state index contributed by atoms with van der Waals surface area (Å²) < 4.78 is 1.17. The summed E-state index contributed by atoms with van der Waals surface area (Å²) in [4.78, 5) is 1.30. The lowest BCUT2D eigenvalue weighted by atomic mass is 10.2. The molecule has 1 heterocycles. The number of thiophene rings is 1. The van der Waals surface area contributed by atoms with Crippen LogP contribution < -0.4 is 5.32 Å². The van der Waals surface area contributed by atoms with Gasteiger partial charge in [0.15, 0.2) is 0 Å². The van der Waals surface area contributed by atoms with Crippen LogP contribution in [0.2, 0.25) is 0 Å². The Morgan fingerprint density at radius 1 is 1.83 bits per heavy atom. The average Bonchev–Trinajstić information content (AvgIpc) is 2.47. The summed E-state index contributed by atoms with van der Waals surface area (Å²) in [6, 6.07) is 2.35. The number of likely N-dealkylation sites (N-methyl/N-ethyl adjacent to an activating group) is 1. The maximum absolute atomic E-state index is 3.80. The fourth-order valence-corrected chi connectivity index (χ4v) is 2.72. The van der Waals surface area contributed by atoms with Crippen molar-refractivity contribution in [2.24, 2.45) is 0 Å². The predicted octanol–water partition coefficient (Wildman–Crippen LogP) is 3.35. The molecule has 0 aromatic carbocycles. The molecule has 0 saturated carbocycles. The van der Waals surface area contributed by atoms with Gasteiger partial charge in [-0.05, 0) is 33.9 Å². The van der Waals surface area contributed by atoms with E-state index in [4.69, 9.17) is 0 Å². The molecule has 0 spiro atoms. The largest absolute Gasteiger partial charge is 0.306 e. The highest BCUT2D eigenvalue weighted by Crippen LogP contribution is 2.29. The van der Waals surface area contributed by atoms with Crippen LogP contribution in [0, 0.1) is 0 Å². The van der Waals surface area contributed by atoms with Crippen molar-refractivity contribution >= 4 is 27.3 Å². The van der Waals surface area contributed by atoms with Crippen LogP contribution in [0.3, 0.4) is 0 Å². The maximum atomic E-state index is 3.80. The third-order valence-electron chi connectivity index (χ3n) is 1.59. The summed E-state index contributed by atoms with van der Waals surface area (Å²) in [6.45, 7) is 6.85. The quantitative estimate of drug-likeness (QED) is 0.803. The molecule has 0 fully saturated rings. The standard InChI is InChI=1S/C9H12BrNS/c1-3-8(11-4-2)9-7(10)5-6-12-9/h3,5-6,8,11H,1,4H2,2H3. The van der Waals surface area contributed by atoms with E-state index in [1.54, 1.807) is 11.3 Å². The van der Waals surface area contributed by atoms with Crippen LogP contribution in [0.4, 0.5) is 0 Å². The summed E-state index contributed by atoms with van der Waals surface area (Å²) in [5, 5.41) is 5.41. The van der Waals surface area contributed by atoms with E-state index >= 15 is 0 Å². The molecule has 0 radical (unpaired) electrons. The Morgan fingerprint density at radius 2 is 2.58 bits per heavy atom. The molecule has 0 aliphatic rings. The second-order valence-electron chi connectivity index (χ2n) is 2.40. The van der Waals surface area contributed by atoms with E-state index in [0.717, 1.165) is 6.54 Å². The van der Waals surface area contributed by atoms with Crippen LogP contribution in [0.15, 0.2) is 28.6 Å². The van der Waals surface area contributed by atoms with Gasteiger partial charge in [-0.1, -0.05) is 13.0 Å². The Hall–Kier alpha value is -0.120. The summed E-state index contributed by atoms with van der Waals surface area (Å²) in [6.07, 6.45) is 1.93. The Bertz CT molecular complexity index is 257. The molecular formula is C9H12BrNS. The zero-order valence-electron chi connectivity index (χ0n) is 7.01. The first-order valence-corrected chi connectivity index (χ1v) is 5.55. The molecule has 66 valence electrons. The highest BCUT2D eigenvalue weighted by molar-refractivity contribution is 9.10. The number of nitrogens with one attached hydrogen (secondary N) is 1. The molecule has 0 saturated heterocycles. The highest BCUT2D eigenvalue weighted by Gasteiger charge is 2.10. The molecule has 1 rings (SSSR count). The van der Waals surface area contributed by atoms with Crippen molar-refractivity contribution in [2.75, 3.05) is 6.54 Å². The monoisotopic (exact) mass is 245 g/mol. The Morgan fingerprint density at radius 3 is 3.00 bits per heavy atom. The maximum Gasteiger partial charge on any atom is 0.0609 e. The van der Waals surface area contributed by atoms with Gasteiger partial charge in [0, 0.05) is 9.35 Å². The molecule has 1 aromatic heterocycles. The first kappa shape index (κ1) is 9.96. The molecule has 1 N–H and O–H groups in total. The molecule has 0 amide bonds. The van der Waals surface area contributed by atoms with Crippen molar-refractivity contribution in [3.05, 3.63) is 33.5 Å². The summed E-state index contributed by atoms with van der Waals surface area (Å²) in [5.74, 6) is 0. The zero-order chi connectivity index (χ0) is 8.97. The van der Waals surface area contributed by atoms with Crippen LogP contribution in [0.1, 0.15) is 17.8 Å². The SMILES string of the molecule is C=CC(NCC)c1sccc1Br. The van der Waals surface area contributed by atoms with Gasteiger partial charge in [-0.3, -0.25) is 0 Å². The van der Waals surface area contributed by atoms with Gasteiger partial charge in [0.25, 0.3) is 0 Å². The minimum Gasteiger partial charge on any atom is -0.306 e. The van der Waals surface area contributed by atoms with Crippen molar-refractivity contribution < 1.29 is 0 Å². The molecule has 1 atom stereocenters. The fraction of sp³-hybridized carbons (Fsp3) is 0.333. The zero-order valence-corrected chi connectivity index (χ0v) is 9.41. The Labute approximate surface area is 85.6 Å². The lowest BCUT2D eigenvalue weighted by Gasteiger charge is -2.11. The van der Waals surface area contributed by atoms with Gasteiger partial charge in [-0.2, -0.15) is 0 Å². The summed E-state index contributed by atoms with van der Waals surface area (Å²) in [7, 11) is 0. The lowest BCUT2D eigenvalue weighted by Crippen LogP contribution is -2.17. The second-order valence-corrected chi connectivity index (χ2v) is 4.21. The fourth-order valence-electron chi connectivity index (χ4n) is 1.03. The Kier molecular flexibility index (Phi) is 3.98. The Balaban J connectivity index is 2.79. The smallest absolute Gasteiger partial charge is 0.0609 e. The number of hydrogen-bond acceptors (Lipinski definition) is 2. The summed E-state index contributed by atoms with van der Waals surface area (Å²) in [5.41, 5.74) is 0. The number of rotatable bonds is 4. The lowest BCUT2D eigenvalue weighted by molar-refractivity contribution is 0.656. The molecule has 0 aliphatic carbocycles. The molecule has 1 aromatic rings. The molecule has 0 bridgehead atoms. The van der Waals surface area contributed by atoms with Crippen molar-refractivity contribution in [3.8, 4) is 0 Å². The van der Waals surface area contributed by atoms with Crippen molar-refractivity contribution in [1.82, 2.24) is 5.32 Å². The predicted molar refractivity (Wildman–Crippen MR) is 58.6 cm³/mol. The molecule has 12 heavy (non-hydrogen) atoms. The summed E-state index contributed by atoms with van der Waals surface area (Å²) >= 11 is 5.24. The van der Waals surface area contributed by atoms with Crippen LogP contribution in [0.25, 0.3) is 0 Å². The van der Waals surface area contributed by atoms with Gasteiger partial charge in [-0.25, -0.2) is 0 Å². The number of halogens is 1. The molecule has 1 unspecified atom stereocenters. The normalized spacial score (nSPS) is 12.8. The van der Waals surface area contributed by atoms with E-state index in [2.05, 4.69) is 46.2 Å². The van der Waals surface area contributed by atoms with Gasteiger partial charge in [-0.15, -0.1) is 17.9 Å². The molecular weight excluding hydrogens is 234 g/mol. The van der Waals surface area contributed by atoms with E-state index in [0.29, 0.717) is 0 Å². The average molecular weight is 246 g/mol. The highest BCUT2D eigenvalue weighted by atomic mass is 79.9. The van der Waals surface area contributed by atoms with Crippen molar-refractivity contribution in [1.29, 1.82) is 0 Å². The molecule has 1 nitrogen and oxygen atoms in total. The van der Waals surface area contributed by atoms with E-state index in [9.17, 15) is 0 Å². The van der Waals surface area contributed by atoms with E-state index in [1.165, 1.54) is 9.35 Å². The number of hydrogen-bond donors (Lipinski definition) is 1. The van der Waals surface area contributed by atoms with Gasteiger partial charge in [0.2, 0.25) is 0 Å².